The normalized spacial score (nSPS) is 12.9. The molecule has 1 atom stereocenters. The highest BCUT2D eigenvalue weighted by Crippen LogP contribution is 2.09. The fourth-order valence-corrected chi connectivity index (χ4v) is 2.50. The molecule has 1 rings (SSSR count). The first kappa shape index (κ1) is 16.0. The first-order valence-corrected chi connectivity index (χ1v) is 7.09. The van der Waals surface area contributed by atoms with Gasteiger partial charge >= 0.3 is 5.69 Å². The number of nitrogens with one attached hydrogen (secondary N) is 1. The lowest BCUT2D eigenvalue weighted by Crippen LogP contribution is -2.43. The number of hydrogen-bond donors (Lipinski definition) is 1. The van der Waals surface area contributed by atoms with Gasteiger partial charge in [0, 0.05) is 6.54 Å². The average Bonchev–Trinajstić information content (AvgIpc) is 2.35. The van der Waals surface area contributed by atoms with E-state index in [0.717, 1.165) is 13.1 Å². The maximum atomic E-state index is 12.3. The molecular formula is C13H22ClN3O2. The molecule has 0 saturated carbocycles. The molecule has 0 fully saturated rings. The number of H-pyrrole nitrogens is 1. The molecule has 0 aliphatic heterocycles. The Morgan fingerprint density at radius 2 is 1.84 bits per heavy atom. The minimum Gasteiger partial charge on any atom is -0.302 e. The molecular weight excluding hydrogens is 266 g/mol. The molecule has 19 heavy (non-hydrogen) atoms. The Kier molecular flexibility index (Phi) is 5.82. The van der Waals surface area contributed by atoms with E-state index in [1.54, 1.807) is 0 Å². The molecule has 0 spiro atoms. The van der Waals surface area contributed by atoms with Gasteiger partial charge in [0.05, 0.1) is 11.6 Å². The van der Waals surface area contributed by atoms with Gasteiger partial charge < -0.3 is 4.90 Å². The Morgan fingerprint density at radius 3 is 2.32 bits per heavy atom. The minimum atomic E-state index is -0.438. The second-order valence-electron chi connectivity index (χ2n) is 4.59. The first-order chi connectivity index (χ1) is 8.96. The topological polar surface area (TPSA) is 58.1 Å². The van der Waals surface area contributed by atoms with Crippen molar-refractivity contribution in [3.8, 4) is 0 Å². The molecule has 1 aromatic rings. The Bertz CT molecular complexity index is 532. The molecule has 1 unspecified atom stereocenters. The lowest BCUT2D eigenvalue weighted by molar-refractivity contribution is 0.255. The number of aromatic amines is 1. The van der Waals surface area contributed by atoms with E-state index in [9.17, 15) is 9.59 Å². The van der Waals surface area contributed by atoms with Crippen molar-refractivity contribution in [2.45, 2.75) is 40.2 Å². The summed E-state index contributed by atoms with van der Waals surface area (Å²) in [4.78, 5) is 28.9. The van der Waals surface area contributed by atoms with E-state index in [1.165, 1.54) is 4.57 Å². The van der Waals surface area contributed by atoms with Crippen molar-refractivity contribution in [2.24, 2.45) is 0 Å². The third kappa shape index (κ3) is 3.48. The standard InChI is InChI=1S/C13H22ClN3O2/c1-5-10-11(14)15-13(19)17(12(10)18)9(4)8-16(6-2)7-3/h9H,5-8H2,1-4H3,(H,15,19). The van der Waals surface area contributed by atoms with Crippen LogP contribution < -0.4 is 11.2 Å². The lowest BCUT2D eigenvalue weighted by Gasteiger charge is -2.23. The summed E-state index contributed by atoms with van der Waals surface area (Å²) in [5, 5.41) is 0.156. The number of nitrogens with zero attached hydrogens (tertiary/aromatic N) is 2. The molecule has 1 heterocycles. The van der Waals surface area contributed by atoms with Gasteiger partial charge in [0.2, 0.25) is 0 Å². The second kappa shape index (κ2) is 6.91. The van der Waals surface area contributed by atoms with Crippen LogP contribution in [0.5, 0.6) is 0 Å². The largest absolute Gasteiger partial charge is 0.329 e. The van der Waals surface area contributed by atoms with Gasteiger partial charge in [-0.2, -0.15) is 0 Å². The van der Waals surface area contributed by atoms with E-state index in [1.807, 2.05) is 13.8 Å². The van der Waals surface area contributed by atoms with Gasteiger partial charge in [-0.15, -0.1) is 0 Å². The van der Waals surface area contributed by atoms with Crippen molar-refractivity contribution in [1.29, 1.82) is 0 Å². The minimum absolute atomic E-state index is 0.156. The Hall–Kier alpha value is -1.07. The molecule has 108 valence electrons. The van der Waals surface area contributed by atoms with Crippen molar-refractivity contribution in [3.63, 3.8) is 0 Å². The fraction of sp³-hybridized carbons (Fsp3) is 0.692. The van der Waals surface area contributed by atoms with Crippen LogP contribution in [-0.2, 0) is 6.42 Å². The maximum Gasteiger partial charge on any atom is 0.329 e. The van der Waals surface area contributed by atoms with Gasteiger partial charge in [0.25, 0.3) is 5.56 Å². The molecule has 0 aliphatic rings. The van der Waals surface area contributed by atoms with Gasteiger partial charge in [0.1, 0.15) is 5.15 Å². The van der Waals surface area contributed by atoms with Gasteiger partial charge in [0.15, 0.2) is 0 Å². The Morgan fingerprint density at radius 1 is 1.26 bits per heavy atom. The summed E-state index contributed by atoms with van der Waals surface area (Å²) in [6.45, 7) is 10.3. The van der Waals surface area contributed by atoms with E-state index in [4.69, 9.17) is 11.6 Å². The van der Waals surface area contributed by atoms with Gasteiger partial charge in [-0.05, 0) is 26.4 Å². The van der Waals surface area contributed by atoms with E-state index in [0.29, 0.717) is 18.5 Å². The van der Waals surface area contributed by atoms with Crippen molar-refractivity contribution in [1.82, 2.24) is 14.5 Å². The molecule has 0 radical (unpaired) electrons. The quantitative estimate of drug-likeness (QED) is 0.810. The highest BCUT2D eigenvalue weighted by atomic mass is 35.5. The number of hydrogen-bond acceptors (Lipinski definition) is 3. The van der Waals surface area contributed by atoms with Crippen LogP contribution in [0.25, 0.3) is 0 Å². The zero-order valence-corrected chi connectivity index (χ0v) is 12.8. The fourth-order valence-electron chi connectivity index (χ4n) is 2.20. The van der Waals surface area contributed by atoms with Crippen LogP contribution in [0, 0.1) is 0 Å². The summed E-state index contributed by atoms with van der Waals surface area (Å²) in [6.07, 6.45) is 0.506. The number of likely N-dealkylation sites (N-methyl/N-ethyl adjacent to an activating group) is 1. The molecule has 1 N–H and O–H groups in total. The average molecular weight is 288 g/mol. The third-order valence-corrected chi connectivity index (χ3v) is 3.71. The molecule has 0 amide bonds. The van der Waals surface area contributed by atoms with Crippen LogP contribution >= 0.6 is 11.6 Å². The smallest absolute Gasteiger partial charge is 0.302 e. The summed E-state index contributed by atoms with van der Waals surface area (Å²) in [7, 11) is 0. The predicted molar refractivity (Wildman–Crippen MR) is 78.2 cm³/mol. The van der Waals surface area contributed by atoms with Crippen LogP contribution in [0.15, 0.2) is 9.59 Å². The molecule has 6 heteroatoms. The van der Waals surface area contributed by atoms with Crippen LogP contribution in [0.1, 0.15) is 39.3 Å². The maximum absolute atomic E-state index is 12.3. The molecule has 0 saturated heterocycles. The van der Waals surface area contributed by atoms with E-state index >= 15 is 0 Å². The lowest BCUT2D eigenvalue weighted by atomic mass is 10.2. The van der Waals surface area contributed by atoms with Crippen LogP contribution in [0.2, 0.25) is 5.15 Å². The summed E-state index contributed by atoms with van der Waals surface area (Å²) >= 11 is 5.89. The number of rotatable bonds is 6. The van der Waals surface area contributed by atoms with E-state index in [-0.39, 0.29) is 16.8 Å². The van der Waals surface area contributed by atoms with E-state index < -0.39 is 5.69 Å². The summed E-state index contributed by atoms with van der Waals surface area (Å²) in [5.41, 5.74) is -0.254. The summed E-state index contributed by atoms with van der Waals surface area (Å²) < 4.78 is 1.27. The molecule has 0 aliphatic carbocycles. The van der Waals surface area contributed by atoms with Gasteiger partial charge in [-0.25, -0.2) is 4.79 Å². The highest BCUT2D eigenvalue weighted by Gasteiger charge is 2.17. The first-order valence-electron chi connectivity index (χ1n) is 6.71. The monoisotopic (exact) mass is 287 g/mol. The number of halogens is 1. The van der Waals surface area contributed by atoms with Crippen LogP contribution in [0.3, 0.4) is 0 Å². The van der Waals surface area contributed by atoms with Gasteiger partial charge in [-0.1, -0.05) is 32.4 Å². The molecule has 5 nitrogen and oxygen atoms in total. The van der Waals surface area contributed by atoms with Crippen molar-refractivity contribution >= 4 is 11.6 Å². The van der Waals surface area contributed by atoms with Crippen LogP contribution in [-0.4, -0.2) is 34.1 Å². The van der Waals surface area contributed by atoms with Crippen molar-refractivity contribution in [3.05, 3.63) is 31.6 Å². The third-order valence-electron chi connectivity index (χ3n) is 3.39. The SMILES string of the molecule is CCc1c(Cl)[nH]c(=O)n(C(C)CN(CC)CC)c1=O. The molecule has 0 aromatic carbocycles. The zero-order chi connectivity index (χ0) is 14.6. The Labute approximate surface area is 118 Å². The molecule has 1 aromatic heterocycles. The number of aromatic nitrogens is 2. The highest BCUT2D eigenvalue weighted by molar-refractivity contribution is 6.30. The van der Waals surface area contributed by atoms with E-state index in [2.05, 4.69) is 23.7 Å². The van der Waals surface area contributed by atoms with Gasteiger partial charge in [-0.3, -0.25) is 14.3 Å². The van der Waals surface area contributed by atoms with Crippen LogP contribution in [0.4, 0.5) is 0 Å². The molecule has 0 bridgehead atoms. The second-order valence-corrected chi connectivity index (χ2v) is 4.96. The summed E-state index contributed by atoms with van der Waals surface area (Å²) in [5.74, 6) is 0. The zero-order valence-electron chi connectivity index (χ0n) is 12.0. The predicted octanol–water partition coefficient (Wildman–Crippen LogP) is 1.66. The Balaban J connectivity index is 3.20. The summed E-state index contributed by atoms with van der Waals surface area (Å²) in [6, 6.07) is -0.182. The van der Waals surface area contributed by atoms with Crippen molar-refractivity contribution in [2.75, 3.05) is 19.6 Å². The van der Waals surface area contributed by atoms with Crippen molar-refractivity contribution < 1.29 is 0 Å².